The molecular formula is C15H17N3O4. The molecule has 1 heterocycles. The molecule has 1 aromatic carbocycles. The second kappa shape index (κ2) is 6.75. The smallest absolute Gasteiger partial charge is 0.275 e. The van der Waals surface area contributed by atoms with Gasteiger partial charge in [0.25, 0.3) is 5.91 Å². The molecule has 2 rings (SSSR count). The number of hydrogen-bond acceptors (Lipinski definition) is 5. The lowest BCUT2D eigenvalue weighted by Gasteiger charge is -2.12. The fraction of sp³-hybridized carbons (Fsp3) is 0.267. The van der Waals surface area contributed by atoms with Gasteiger partial charge in [-0.15, -0.1) is 0 Å². The first kappa shape index (κ1) is 15.6. The molecule has 0 atom stereocenters. The molecule has 0 aliphatic heterocycles. The number of carbonyl (C=O) groups is 1. The second-order valence-electron chi connectivity index (χ2n) is 4.37. The summed E-state index contributed by atoms with van der Waals surface area (Å²) in [6.45, 7) is 2.18. The second-order valence-corrected chi connectivity index (χ2v) is 4.37. The number of nitrogens with zero attached hydrogens (tertiary/aromatic N) is 2. The summed E-state index contributed by atoms with van der Waals surface area (Å²) in [6.07, 6.45) is 0. The van der Waals surface area contributed by atoms with E-state index in [2.05, 4.69) is 10.4 Å². The van der Waals surface area contributed by atoms with Crippen molar-refractivity contribution in [2.24, 2.45) is 0 Å². The molecule has 0 bridgehead atoms. The number of benzene rings is 1. The quantitative estimate of drug-likeness (QED) is 0.891. The van der Waals surface area contributed by atoms with Crippen LogP contribution >= 0.6 is 0 Å². The zero-order chi connectivity index (χ0) is 16.1. The van der Waals surface area contributed by atoms with Crippen LogP contribution in [0.5, 0.6) is 11.6 Å². The van der Waals surface area contributed by atoms with Gasteiger partial charge in [0.15, 0.2) is 5.69 Å². The van der Waals surface area contributed by atoms with Crippen molar-refractivity contribution in [1.82, 2.24) is 15.1 Å². The molecule has 0 spiro atoms. The molecule has 0 fully saturated rings. The molecule has 1 N–H and O–H groups in total. The van der Waals surface area contributed by atoms with Crippen molar-refractivity contribution in [3.63, 3.8) is 0 Å². The van der Waals surface area contributed by atoms with E-state index in [1.807, 2.05) is 0 Å². The summed E-state index contributed by atoms with van der Waals surface area (Å²) in [7, 11) is 3.00. The Hall–Kier alpha value is -2.83. The number of carbonyl (C=O) groups excluding carboxylic acids is 1. The summed E-state index contributed by atoms with van der Waals surface area (Å²) in [6, 6.07) is 8.24. The average molecular weight is 303 g/mol. The van der Waals surface area contributed by atoms with Crippen molar-refractivity contribution in [3.8, 4) is 17.3 Å². The van der Waals surface area contributed by atoms with E-state index in [-0.39, 0.29) is 11.6 Å². The van der Waals surface area contributed by atoms with Crippen molar-refractivity contribution in [2.75, 3.05) is 20.8 Å². The highest BCUT2D eigenvalue weighted by molar-refractivity contribution is 5.92. The third kappa shape index (κ3) is 3.08. The lowest BCUT2D eigenvalue weighted by molar-refractivity contribution is 0.0947. The van der Waals surface area contributed by atoms with Crippen LogP contribution in [-0.4, -0.2) is 36.5 Å². The van der Waals surface area contributed by atoms with Crippen LogP contribution in [0, 0.1) is 0 Å². The lowest BCUT2D eigenvalue weighted by atomic mass is 10.3. The largest absolute Gasteiger partial charge is 0.497 e. The van der Waals surface area contributed by atoms with Crippen LogP contribution in [0.1, 0.15) is 17.4 Å². The number of methoxy groups -OCH3 is 2. The van der Waals surface area contributed by atoms with Crippen LogP contribution in [0.3, 0.4) is 0 Å². The molecule has 0 aliphatic carbocycles. The Bertz CT molecular complexity index is 723. The monoisotopic (exact) mass is 303 g/mol. The van der Waals surface area contributed by atoms with E-state index < -0.39 is 11.3 Å². The van der Waals surface area contributed by atoms with E-state index in [4.69, 9.17) is 9.47 Å². The van der Waals surface area contributed by atoms with Crippen LogP contribution < -0.4 is 20.2 Å². The van der Waals surface area contributed by atoms with Crippen LogP contribution in [0.15, 0.2) is 35.1 Å². The summed E-state index contributed by atoms with van der Waals surface area (Å²) in [4.78, 5) is 23.9. The molecule has 116 valence electrons. The topological polar surface area (TPSA) is 82.5 Å². The normalized spacial score (nSPS) is 10.1. The number of amides is 1. The number of hydrogen-bond donors (Lipinski definition) is 1. The SMILES string of the molecule is CCNC(=O)c1nn(-c2ccc(OC)cc2)c(OC)cc1=O. The molecule has 0 saturated heterocycles. The molecule has 22 heavy (non-hydrogen) atoms. The minimum absolute atomic E-state index is 0.182. The van der Waals surface area contributed by atoms with E-state index >= 15 is 0 Å². The average Bonchev–Trinajstić information content (AvgIpc) is 2.54. The maximum Gasteiger partial charge on any atom is 0.275 e. The standard InChI is InChI=1S/C15H17N3O4/c1-4-16-15(20)14-12(19)9-13(22-3)18(17-14)10-5-7-11(21-2)8-6-10/h5-9H,4H2,1-3H3,(H,16,20). The number of rotatable bonds is 5. The van der Waals surface area contributed by atoms with Gasteiger partial charge in [-0.05, 0) is 31.2 Å². The van der Waals surface area contributed by atoms with Crippen LogP contribution in [0.25, 0.3) is 5.69 Å². The minimum atomic E-state index is -0.516. The molecular weight excluding hydrogens is 286 g/mol. The highest BCUT2D eigenvalue weighted by atomic mass is 16.5. The van der Waals surface area contributed by atoms with E-state index in [9.17, 15) is 9.59 Å². The van der Waals surface area contributed by atoms with E-state index in [0.29, 0.717) is 18.0 Å². The molecule has 7 nitrogen and oxygen atoms in total. The fourth-order valence-corrected chi connectivity index (χ4v) is 1.90. The van der Waals surface area contributed by atoms with Crippen LogP contribution in [-0.2, 0) is 0 Å². The molecule has 1 amide bonds. The fourth-order valence-electron chi connectivity index (χ4n) is 1.90. The van der Waals surface area contributed by atoms with Crippen molar-refractivity contribution in [2.45, 2.75) is 6.92 Å². The molecule has 0 saturated carbocycles. The first-order valence-corrected chi connectivity index (χ1v) is 6.71. The summed E-state index contributed by atoms with van der Waals surface area (Å²) < 4.78 is 11.7. The zero-order valence-corrected chi connectivity index (χ0v) is 12.6. The van der Waals surface area contributed by atoms with Gasteiger partial charge in [0.05, 0.1) is 26.0 Å². The maximum absolute atomic E-state index is 12.0. The number of nitrogens with one attached hydrogen (secondary N) is 1. The van der Waals surface area contributed by atoms with Crippen molar-refractivity contribution in [3.05, 3.63) is 46.2 Å². The number of ether oxygens (including phenoxy) is 2. The van der Waals surface area contributed by atoms with Crippen LogP contribution in [0.4, 0.5) is 0 Å². The third-order valence-electron chi connectivity index (χ3n) is 2.98. The van der Waals surface area contributed by atoms with Gasteiger partial charge in [-0.3, -0.25) is 9.59 Å². The van der Waals surface area contributed by atoms with Gasteiger partial charge in [0.1, 0.15) is 5.75 Å². The summed E-state index contributed by atoms with van der Waals surface area (Å²) in [5, 5.41) is 6.68. The predicted octanol–water partition coefficient (Wildman–Crippen LogP) is 0.999. The highest BCUT2D eigenvalue weighted by Gasteiger charge is 2.16. The third-order valence-corrected chi connectivity index (χ3v) is 2.98. The predicted molar refractivity (Wildman–Crippen MR) is 80.9 cm³/mol. The van der Waals surface area contributed by atoms with Gasteiger partial charge < -0.3 is 14.8 Å². The van der Waals surface area contributed by atoms with Gasteiger partial charge in [-0.1, -0.05) is 0 Å². The van der Waals surface area contributed by atoms with Crippen molar-refractivity contribution >= 4 is 5.91 Å². The van der Waals surface area contributed by atoms with Gasteiger partial charge in [0.2, 0.25) is 11.3 Å². The Morgan fingerprint density at radius 2 is 1.91 bits per heavy atom. The first-order valence-electron chi connectivity index (χ1n) is 6.71. The lowest BCUT2D eigenvalue weighted by Crippen LogP contribution is -2.31. The Morgan fingerprint density at radius 1 is 1.23 bits per heavy atom. The number of aromatic nitrogens is 2. The molecule has 1 aromatic heterocycles. The molecule has 0 aliphatic rings. The minimum Gasteiger partial charge on any atom is -0.497 e. The first-order chi connectivity index (χ1) is 10.6. The van der Waals surface area contributed by atoms with Gasteiger partial charge in [0, 0.05) is 6.54 Å². The van der Waals surface area contributed by atoms with Crippen LogP contribution in [0.2, 0.25) is 0 Å². The van der Waals surface area contributed by atoms with Gasteiger partial charge >= 0.3 is 0 Å². The molecule has 0 unspecified atom stereocenters. The Morgan fingerprint density at radius 3 is 2.45 bits per heavy atom. The molecule has 0 radical (unpaired) electrons. The highest BCUT2D eigenvalue weighted by Crippen LogP contribution is 2.18. The summed E-state index contributed by atoms with van der Waals surface area (Å²) in [5.41, 5.74) is -0.0331. The van der Waals surface area contributed by atoms with Gasteiger partial charge in [-0.25, -0.2) is 4.68 Å². The zero-order valence-electron chi connectivity index (χ0n) is 12.6. The maximum atomic E-state index is 12.0. The Labute approximate surface area is 127 Å². The van der Waals surface area contributed by atoms with Crippen molar-refractivity contribution in [1.29, 1.82) is 0 Å². The molecule has 7 heteroatoms. The Kier molecular flexibility index (Phi) is 4.77. The Balaban J connectivity index is 2.54. The summed E-state index contributed by atoms with van der Waals surface area (Å²) >= 11 is 0. The van der Waals surface area contributed by atoms with E-state index in [1.165, 1.54) is 17.9 Å². The van der Waals surface area contributed by atoms with Crippen molar-refractivity contribution < 1.29 is 14.3 Å². The summed E-state index contributed by atoms with van der Waals surface area (Å²) in [5.74, 6) is 0.411. The molecule has 2 aromatic rings. The van der Waals surface area contributed by atoms with E-state index in [0.717, 1.165) is 0 Å². The van der Waals surface area contributed by atoms with E-state index in [1.54, 1.807) is 38.3 Å². The van der Waals surface area contributed by atoms with Gasteiger partial charge in [-0.2, -0.15) is 5.10 Å².